The number of aliphatic hydroxyl groups excluding tert-OH is 1. The third kappa shape index (κ3) is 17.4. The third-order valence-electron chi connectivity index (χ3n) is 12.5. The molecular formula is C50H76N4O9. The lowest BCUT2D eigenvalue weighted by Gasteiger charge is -2.29. The van der Waals surface area contributed by atoms with Gasteiger partial charge in [-0.05, 0) is 68.5 Å². The highest BCUT2D eigenvalue weighted by Gasteiger charge is 2.33. The molecule has 0 saturated carbocycles. The van der Waals surface area contributed by atoms with Gasteiger partial charge in [0, 0.05) is 69.3 Å². The number of hydrogen-bond donors (Lipinski definition) is 5. The summed E-state index contributed by atoms with van der Waals surface area (Å²) in [6.07, 6.45) is 16.2. The first kappa shape index (κ1) is 52.6. The lowest BCUT2D eigenvalue weighted by molar-refractivity contribution is -0.140. The molecule has 3 rings (SSSR count). The third-order valence-corrected chi connectivity index (χ3v) is 12.5. The summed E-state index contributed by atoms with van der Waals surface area (Å²) in [5, 5.41) is 37.3. The van der Waals surface area contributed by atoms with E-state index in [1.165, 1.54) is 106 Å². The largest absolute Gasteiger partial charge is 0.507 e. The second-order valence-corrected chi connectivity index (χ2v) is 17.8. The molecule has 4 amide bonds. The number of aliphatic hydroxyl groups is 1. The molecule has 1 aliphatic rings. The summed E-state index contributed by atoms with van der Waals surface area (Å²) < 4.78 is 0. The van der Waals surface area contributed by atoms with Crippen LogP contribution in [-0.2, 0) is 35.2 Å². The van der Waals surface area contributed by atoms with Crippen molar-refractivity contribution in [3.8, 4) is 22.6 Å². The lowest BCUT2D eigenvalue weighted by Crippen LogP contribution is -2.42. The fraction of sp³-hybridized carbons (Fsp3) is 0.640. The van der Waals surface area contributed by atoms with Crippen molar-refractivity contribution in [3.63, 3.8) is 0 Å². The SMILES string of the molecule is CCCCCCCCCCCCCCCC(=O)N(C)[C@H](CO)CCC(=O)N[C@H](C)C(=O)CCC(=O)N(C)[C@@H]1C(=O)C[C@@H](C)C(=O)N[C@H](C)Cc2ccc(O)c(c2)-c2cc1ccc2O. The number of ketones is 2. The van der Waals surface area contributed by atoms with Gasteiger partial charge in [-0.25, -0.2) is 0 Å². The summed E-state index contributed by atoms with van der Waals surface area (Å²) in [7, 11) is 3.09. The monoisotopic (exact) mass is 877 g/mol. The maximum absolute atomic E-state index is 14.0. The second-order valence-electron chi connectivity index (χ2n) is 17.8. The van der Waals surface area contributed by atoms with E-state index in [2.05, 4.69) is 17.6 Å². The first-order valence-electron chi connectivity index (χ1n) is 23.5. The summed E-state index contributed by atoms with van der Waals surface area (Å²) in [5.74, 6) is -3.11. The van der Waals surface area contributed by atoms with Crippen LogP contribution in [0.4, 0.5) is 0 Å². The molecule has 2 aromatic carbocycles. The summed E-state index contributed by atoms with van der Waals surface area (Å²) in [6, 6.07) is 6.50. The zero-order valence-electron chi connectivity index (χ0n) is 38.9. The van der Waals surface area contributed by atoms with E-state index in [0.29, 0.717) is 24.0 Å². The number of phenols is 2. The highest BCUT2D eigenvalue weighted by molar-refractivity contribution is 5.95. The van der Waals surface area contributed by atoms with E-state index < -0.39 is 47.4 Å². The van der Waals surface area contributed by atoms with Crippen molar-refractivity contribution >= 4 is 35.2 Å². The van der Waals surface area contributed by atoms with Gasteiger partial charge in [0.05, 0.1) is 18.7 Å². The van der Waals surface area contributed by atoms with E-state index in [-0.39, 0.29) is 73.6 Å². The molecule has 350 valence electrons. The normalized spacial score (nSPS) is 17.5. The van der Waals surface area contributed by atoms with Crippen molar-refractivity contribution in [1.29, 1.82) is 0 Å². The number of phenolic OH excluding ortho intramolecular Hbond substituents is 2. The number of fused-ring (bicyclic) bond motifs is 5. The first-order valence-corrected chi connectivity index (χ1v) is 23.5. The van der Waals surface area contributed by atoms with Crippen LogP contribution in [0.15, 0.2) is 36.4 Å². The number of carbonyl (C=O) groups is 6. The summed E-state index contributed by atoms with van der Waals surface area (Å²) in [6.45, 7) is 6.95. The molecule has 2 aromatic rings. The van der Waals surface area contributed by atoms with E-state index in [9.17, 15) is 44.1 Å². The smallest absolute Gasteiger partial charge is 0.223 e. The van der Waals surface area contributed by atoms with Gasteiger partial charge < -0.3 is 35.8 Å². The fourth-order valence-electron chi connectivity index (χ4n) is 8.33. The highest BCUT2D eigenvalue weighted by atomic mass is 16.3. The first-order chi connectivity index (χ1) is 30.1. The predicted octanol–water partition coefficient (Wildman–Crippen LogP) is 7.86. The van der Waals surface area contributed by atoms with Gasteiger partial charge in [-0.3, -0.25) is 28.8 Å². The molecule has 0 spiro atoms. The number of amides is 4. The fourth-order valence-corrected chi connectivity index (χ4v) is 8.33. The highest BCUT2D eigenvalue weighted by Crippen LogP contribution is 2.39. The van der Waals surface area contributed by atoms with Crippen LogP contribution in [0.1, 0.15) is 167 Å². The molecule has 1 aliphatic heterocycles. The van der Waals surface area contributed by atoms with Crippen LogP contribution in [0.2, 0.25) is 0 Å². The number of unbranched alkanes of at least 4 members (excludes halogenated alkanes) is 12. The van der Waals surface area contributed by atoms with E-state index in [4.69, 9.17) is 0 Å². The Morgan fingerprint density at radius 1 is 0.746 bits per heavy atom. The van der Waals surface area contributed by atoms with Crippen molar-refractivity contribution in [1.82, 2.24) is 20.4 Å². The standard InChI is InChI=1S/C50H76N4O9/c1-7-8-9-10-11-12-13-14-15-16-17-18-19-20-47(61)53(5)39(33-55)23-27-46(60)52-36(4)42(56)26-28-48(62)54(6)49-38-22-25-44(58)41(32-38)40-31-37(21-24-43(40)57)30-35(3)51-50(63)34(2)29-45(49)59/h21-22,24-25,31-32,34-36,39,49,55,57-58H,7-20,23,26-30,33H2,1-6H3,(H,51,63)(H,52,60)/t34-,35-,36-,39+,49+/m1/s1. The molecule has 63 heavy (non-hydrogen) atoms. The van der Waals surface area contributed by atoms with E-state index in [0.717, 1.165) is 24.8 Å². The van der Waals surface area contributed by atoms with Gasteiger partial charge in [-0.1, -0.05) is 103 Å². The van der Waals surface area contributed by atoms with Crippen LogP contribution in [0.5, 0.6) is 11.5 Å². The molecule has 5 N–H and O–H groups in total. The van der Waals surface area contributed by atoms with Gasteiger partial charge >= 0.3 is 0 Å². The van der Waals surface area contributed by atoms with Crippen LogP contribution in [0.3, 0.4) is 0 Å². The summed E-state index contributed by atoms with van der Waals surface area (Å²) >= 11 is 0. The molecule has 0 aliphatic carbocycles. The number of nitrogens with one attached hydrogen (secondary N) is 2. The minimum atomic E-state index is -1.18. The Kier molecular flexibility index (Phi) is 22.9. The molecule has 0 unspecified atom stereocenters. The van der Waals surface area contributed by atoms with Crippen LogP contribution >= 0.6 is 0 Å². The van der Waals surface area contributed by atoms with Gasteiger partial charge in [-0.15, -0.1) is 0 Å². The van der Waals surface area contributed by atoms with Gasteiger partial charge in [0.2, 0.25) is 23.6 Å². The zero-order chi connectivity index (χ0) is 46.5. The average molecular weight is 877 g/mol. The van der Waals surface area contributed by atoms with Crippen LogP contribution in [0, 0.1) is 5.92 Å². The number of hydrogen-bond acceptors (Lipinski definition) is 9. The minimum absolute atomic E-state index is 0.0172. The van der Waals surface area contributed by atoms with Crippen molar-refractivity contribution in [3.05, 3.63) is 47.5 Å². The van der Waals surface area contributed by atoms with E-state index >= 15 is 0 Å². The topological polar surface area (TPSA) is 194 Å². The maximum Gasteiger partial charge on any atom is 0.223 e. The molecule has 0 saturated heterocycles. The zero-order valence-corrected chi connectivity index (χ0v) is 38.9. The molecule has 13 heteroatoms. The molecule has 0 aromatic heterocycles. The van der Waals surface area contributed by atoms with Crippen LogP contribution in [0.25, 0.3) is 11.1 Å². The number of nitrogens with zero attached hydrogens (tertiary/aromatic N) is 2. The Morgan fingerprint density at radius 2 is 1.32 bits per heavy atom. The lowest BCUT2D eigenvalue weighted by atomic mass is 9.90. The quantitative estimate of drug-likeness (QED) is 0.0618. The molecule has 1 heterocycles. The number of aromatic hydroxyl groups is 2. The van der Waals surface area contributed by atoms with Gasteiger partial charge in [0.25, 0.3) is 0 Å². The molecular weight excluding hydrogens is 801 g/mol. The van der Waals surface area contributed by atoms with Crippen molar-refractivity contribution in [2.45, 2.75) is 180 Å². The van der Waals surface area contributed by atoms with Gasteiger partial charge in [-0.2, -0.15) is 0 Å². The maximum atomic E-state index is 14.0. The minimum Gasteiger partial charge on any atom is -0.507 e. The number of carbonyl (C=O) groups excluding carboxylic acids is 6. The number of rotatable bonds is 25. The number of benzene rings is 2. The Bertz CT molecular complexity index is 1820. The Balaban J connectivity index is 1.51. The summed E-state index contributed by atoms with van der Waals surface area (Å²) in [4.78, 5) is 82.5. The Morgan fingerprint density at radius 3 is 1.92 bits per heavy atom. The Labute approximate surface area is 375 Å². The second kappa shape index (κ2) is 27.4. The number of Topliss-reactive ketones (excluding diaryl/α,β-unsaturated/α-hetero) is 2. The van der Waals surface area contributed by atoms with Crippen molar-refractivity contribution < 1.29 is 44.1 Å². The molecule has 4 bridgehead atoms. The molecule has 0 radical (unpaired) electrons. The molecule has 13 nitrogen and oxygen atoms in total. The van der Waals surface area contributed by atoms with E-state index in [1.807, 2.05) is 6.92 Å². The molecule has 5 atom stereocenters. The van der Waals surface area contributed by atoms with Crippen LogP contribution in [-0.4, -0.2) is 99.1 Å². The van der Waals surface area contributed by atoms with Crippen molar-refractivity contribution in [2.24, 2.45) is 5.92 Å². The average Bonchev–Trinajstić information content (AvgIpc) is 3.25. The predicted molar refractivity (Wildman–Crippen MR) is 246 cm³/mol. The van der Waals surface area contributed by atoms with Crippen molar-refractivity contribution in [2.75, 3.05) is 20.7 Å². The number of likely N-dealkylation sites (N-methyl/N-ethyl adjacent to an activating group) is 2. The Hall–Kier alpha value is -4.78. The van der Waals surface area contributed by atoms with Gasteiger partial charge in [0.15, 0.2) is 11.6 Å². The molecule has 0 fully saturated rings. The van der Waals surface area contributed by atoms with Gasteiger partial charge in [0.1, 0.15) is 17.5 Å². The van der Waals surface area contributed by atoms with Crippen LogP contribution < -0.4 is 10.6 Å². The summed E-state index contributed by atoms with van der Waals surface area (Å²) in [5.41, 5.74) is 1.75. The van der Waals surface area contributed by atoms with E-state index in [1.54, 1.807) is 32.2 Å².